The number of hydrogen-bond donors (Lipinski definition) is 2. The summed E-state index contributed by atoms with van der Waals surface area (Å²) in [5.41, 5.74) is 7.09. The monoisotopic (exact) mass is 350 g/mol. The highest BCUT2D eigenvalue weighted by Gasteiger charge is 2.25. The van der Waals surface area contributed by atoms with Crippen molar-refractivity contribution in [3.05, 3.63) is 39.3 Å². The number of aryl methyl sites for hydroxylation is 1. The Hall–Kier alpha value is -1.59. The maximum Gasteiger partial charge on any atom is 0.251 e. The standard InChI is InChI=1S/C17H19ClN2O2S/c18-11-7-5-10(6-8-11)9-14(21)20-17-15(16(19)22)12-3-1-2-4-13(12)23-17/h5,7-8,10H,1-4,6,9H2,(H2,19,22)(H,20,21). The van der Waals surface area contributed by atoms with Crippen molar-refractivity contribution in [3.63, 3.8) is 0 Å². The van der Waals surface area contributed by atoms with E-state index < -0.39 is 5.91 Å². The molecule has 1 unspecified atom stereocenters. The van der Waals surface area contributed by atoms with E-state index in [0.29, 0.717) is 22.0 Å². The number of fused-ring (bicyclic) bond motifs is 1. The van der Waals surface area contributed by atoms with Gasteiger partial charge in [0.25, 0.3) is 5.91 Å². The van der Waals surface area contributed by atoms with Crippen LogP contribution in [0.5, 0.6) is 0 Å². The molecule has 6 heteroatoms. The van der Waals surface area contributed by atoms with E-state index in [2.05, 4.69) is 5.32 Å². The summed E-state index contributed by atoms with van der Waals surface area (Å²) in [7, 11) is 0. The Morgan fingerprint density at radius 1 is 1.35 bits per heavy atom. The van der Waals surface area contributed by atoms with Gasteiger partial charge < -0.3 is 11.1 Å². The molecule has 0 radical (unpaired) electrons. The van der Waals surface area contributed by atoms with Gasteiger partial charge in [0, 0.05) is 16.3 Å². The second-order valence-corrected chi connectivity index (χ2v) is 7.52. The van der Waals surface area contributed by atoms with E-state index in [1.807, 2.05) is 18.2 Å². The molecule has 1 aromatic heterocycles. The van der Waals surface area contributed by atoms with Gasteiger partial charge in [0.15, 0.2) is 0 Å². The number of nitrogens with two attached hydrogens (primary N) is 1. The number of primary amides is 1. The Kier molecular flexibility index (Phi) is 4.87. The molecule has 2 aliphatic carbocycles. The van der Waals surface area contributed by atoms with Crippen LogP contribution in [0.1, 0.15) is 46.5 Å². The first-order valence-electron chi connectivity index (χ1n) is 7.82. The molecule has 0 fully saturated rings. The summed E-state index contributed by atoms with van der Waals surface area (Å²) in [4.78, 5) is 25.3. The van der Waals surface area contributed by atoms with Gasteiger partial charge in [0.05, 0.1) is 5.56 Å². The molecule has 4 nitrogen and oxygen atoms in total. The van der Waals surface area contributed by atoms with Gasteiger partial charge in [0.2, 0.25) is 5.91 Å². The van der Waals surface area contributed by atoms with E-state index >= 15 is 0 Å². The summed E-state index contributed by atoms with van der Waals surface area (Å²) in [6.45, 7) is 0. The average molecular weight is 351 g/mol. The first-order valence-corrected chi connectivity index (χ1v) is 9.02. The minimum Gasteiger partial charge on any atom is -0.365 e. The number of thiophene rings is 1. The summed E-state index contributed by atoms with van der Waals surface area (Å²) in [5.74, 6) is -0.400. The highest BCUT2D eigenvalue weighted by molar-refractivity contribution is 7.17. The number of nitrogens with one attached hydrogen (secondary N) is 1. The van der Waals surface area contributed by atoms with E-state index in [1.165, 1.54) is 16.2 Å². The quantitative estimate of drug-likeness (QED) is 0.867. The van der Waals surface area contributed by atoms with Crippen LogP contribution < -0.4 is 11.1 Å². The summed E-state index contributed by atoms with van der Waals surface area (Å²) in [5, 5.41) is 4.22. The SMILES string of the molecule is NC(=O)c1c(NC(=O)CC2C=CC(Cl)=CC2)sc2c1CCCC2. The van der Waals surface area contributed by atoms with E-state index in [1.54, 1.807) is 0 Å². The first kappa shape index (κ1) is 16.3. The van der Waals surface area contributed by atoms with Crippen LogP contribution in [0.2, 0.25) is 0 Å². The predicted octanol–water partition coefficient (Wildman–Crippen LogP) is 3.75. The zero-order valence-corrected chi connectivity index (χ0v) is 14.3. The number of halogens is 1. The van der Waals surface area contributed by atoms with Gasteiger partial charge in [0.1, 0.15) is 5.00 Å². The summed E-state index contributed by atoms with van der Waals surface area (Å²) < 4.78 is 0. The number of anilines is 1. The third-order valence-corrected chi connectivity index (χ3v) is 5.75. The Morgan fingerprint density at radius 2 is 2.13 bits per heavy atom. The molecule has 0 spiro atoms. The van der Waals surface area contributed by atoms with E-state index in [0.717, 1.165) is 37.7 Å². The number of hydrogen-bond acceptors (Lipinski definition) is 3. The Balaban J connectivity index is 1.72. The number of amides is 2. The van der Waals surface area contributed by atoms with E-state index in [9.17, 15) is 9.59 Å². The van der Waals surface area contributed by atoms with Crippen LogP contribution in [0.15, 0.2) is 23.3 Å². The molecule has 0 aromatic carbocycles. The van der Waals surface area contributed by atoms with Crippen LogP contribution in [0.4, 0.5) is 5.00 Å². The molecule has 2 amide bonds. The first-order chi connectivity index (χ1) is 11.0. The Labute approximate surface area is 144 Å². The molecule has 0 saturated heterocycles. The molecule has 0 bridgehead atoms. The molecule has 2 aliphatic rings. The summed E-state index contributed by atoms with van der Waals surface area (Å²) in [6, 6.07) is 0. The number of carbonyl (C=O) groups excluding carboxylic acids is 2. The zero-order valence-electron chi connectivity index (χ0n) is 12.7. The lowest BCUT2D eigenvalue weighted by Gasteiger charge is -2.14. The molecule has 1 heterocycles. The van der Waals surface area contributed by atoms with Crippen molar-refractivity contribution in [2.45, 2.75) is 38.5 Å². The van der Waals surface area contributed by atoms with Crippen LogP contribution in [-0.2, 0) is 17.6 Å². The van der Waals surface area contributed by atoms with Crippen molar-refractivity contribution in [3.8, 4) is 0 Å². The molecule has 0 aliphatic heterocycles. The van der Waals surface area contributed by atoms with Crippen molar-refractivity contribution >= 4 is 39.8 Å². The topological polar surface area (TPSA) is 72.2 Å². The number of rotatable bonds is 4. The normalized spacial score (nSPS) is 19.9. The zero-order chi connectivity index (χ0) is 16.4. The van der Waals surface area contributed by atoms with Crippen molar-refractivity contribution in [1.29, 1.82) is 0 Å². The average Bonchev–Trinajstić information content (AvgIpc) is 2.87. The smallest absolute Gasteiger partial charge is 0.251 e. The molecule has 0 saturated carbocycles. The molecular weight excluding hydrogens is 332 g/mol. The van der Waals surface area contributed by atoms with Crippen LogP contribution in [0.25, 0.3) is 0 Å². The van der Waals surface area contributed by atoms with Gasteiger partial charge in [-0.2, -0.15) is 0 Å². The van der Waals surface area contributed by atoms with Gasteiger partial charge in [-0.3, -0.25) is 9.59 Å². The highest BCUT2D eigenvalue weighted by atomic mass is 35.5. The molecule has 23 heavy (non-hydrogen) atoms. The molecule has 3 rings (SSSR count). The fraction of sp³-hybridized carbons (Fsp3) is 0.412. The fourth-order valence-corrected chi connectivity index (χ4v) is 4.59. The number of allylic oxidation sites excluding steroid dienone is 4. The van der Waals surface area contributed by atoms with Crippen molar-refractivity contribution in [2.24, 2.45) is 11.7 Å². The largest absolute Gasteiger partial charge is 0.365 e. The Bertz CT molecular complexity index is 706. The second-order valence-electron chi connectivity index (χ2n) is 5.98. The maximum absolute atomic E-state index is 12.3. The van der Waals surface area contributed by atoms with Crippen LogP contribution >= 0.6 is 22.9 Å². The maximum atomic E-state index is 12.3. The lowest BCUT2D eigenvalue weighted by Crippen LogP contribution is -2.20. The van der Waals surface area contributed by atoms with Crippen molar-refractivity contribution in [2.75, 3.05) is 5.32 Å². The minimum atomic E-state index is -0.452. The number of carbonyl (C=O) groups is 2. The van der Waals surface area contributed by atoms with Crippen LogP contribution in [0.3, 0.4) is 0 Å². The third-order valence-electron chi connectivity index (χ3n) is 4.26. The molecule has 3 N–H and O–H groups in total. The summed E-state index contributed by atoms with van der Waals surface area (Å²) >= 11 is 7.38. The van der Waals surface area contributed by atoms with Gasteiger partial charge in [-0.1, -0.05) is 23.8 Å². The highest BCUT2D eigenvalue weighted by Crippen LogP contribution is 2.38. The van der Waals surface area contributed by atoms with Crippen molar-refractivity contribution in [1.82, 2.24) is 0 Å². The van der Waals surface area contributed by atoms with Gasteiger partial charge in [-0.05, 0) is 49.7 Å². The minimum absolute atomic E-state index is 0.0906. The van der Waals surface area contributed by atoms with Crippen molar-refractivity contribution < 1.29 is 9.59 Å². The lowest BCUT2D eigenvalue weighted by atomic mass is 9.95. The molecule has 122 valence electrons. The fourth-order valence-electron chi connectivity index (χ4n) is 3.12. The predicted molar refractivity (Wildman–Crippen MR) is 93.9 cm³/mol. The molecule has 1 aromatic rings. The Morgan fingerprint density at radius 3 is 2.83 bits per heavy atom. The van der Waals surface area contributed by atoms with Crippen LogP contribution in [0, 0.1) is 5.92 Å². The van der Waals surface area contributed by atoms with Gasteiger partial charge in [-0.25, -0.2) is 0 Å². The lowest BCUT2D eigenvalue weighted by molar-refractivity contribution is -0.116. The van der Waals surface area contributed by atoms with Crippen LogP contribution in [-0.4, -0.2) is 11.8 Å². The summed E-state index contributed by atoms with van der Waals surface area (Å²) in [6.07, 6.45) is 10.8. The third kappa shape index (κ3) is 3.67. The van der Waals surface area contributed by atoms with Gasteiger partial charge in [-0.15, -0.1) is 11.3 Å². The van der Waals surface area contributed by atoms with Gasteiger partial charge >= 0.3 is 0 Å². The molecular formula is C17H19ClN2O2S. The second kappa shape index (κ2) is 6.89. The molecule has 1 atom stereocenters. The van der Waals surface area contributed by atoms with E-state index in [-0.39, 0.29) is 11.8 Å². The van der Waals surface area contributed by atoms with E-state index in [4.69, 9.17) is 17.3 Å².